The van der Waals surface area contributed by atoms with Gasteiger partial charge in [-0.05, 0) is 217 Å². The second-order valence-electron chi connectivity index (χ2n) is 23.8. The van der Waals surface area contributed by atoms with E-state index in [1.54, 1.807) is 55.8 Å². The number of anilines is 1. The Morgan fingerprint density at radius 3 is 1.01 bits per heavy atom. The van der Waals surface area contributed by atoms with Crippen LogP contribution in [0.3, 0.4) is 0 Å². The molecule has 28 nitrogen and oxygen atoms in total. The smallest absolute Gasteiger partial charge is 0.308 e. The molecule has 0 unspecified atom stereocenters. The van der Waals surface area contributed by atoms with Crippen LogP contribution in [0.2, 0.25) is 0 Å². The molecule has 0 aliphatic carbocycles. The van der Waals surface area contributed by atoms with Gasteiger partial charge in [-0.1, -0.05) is 83.9 Å². The van der Waals surface area contributed by atoms with Gasteiger partial charge in [0, 0.05) is 109 Å². The van der Waals surface area contributed by atoms with E-state index in [2.05, 4.69) is 125 Å². The third kappa shape index (κ3) is 29.9. The number of hydrogen-bond donors (Lipinski definition) is 8. The van der Waals surface area contributed by atoms with E-state index in [1.165, 1.54) is 11.1 Å². The Kier molecular flexibility index (Phi) is 33.8. The van der Waals surface area contributed by atoms with Crippen molar-refractivity contribution >= 4 is 60.9 Å². The number of primary amides is 4. The van der Waals surface area contributed by atoms with Gasteiger partial charge >= 0.3 is 31.5 Å². The Labute approximate surface area is 634 Å². The fourth-order valence-corrected chi connectivity index (χ4v) is 11.1. The molecule has 0 atom stereocenters. The van der Waals surface area contributed by atoms with Crippen LogP contribution >= 0.6 is 0 Å². The van der Waals surface area contributed by atoms with Gasteiger partial charge in [0.25, 0.3) is 0 Å². The largest absolute Gasteiger partial charge is 0.384 e. The lowest BCUT2D eigenvalue weighted by Gasteiger charge is -2.13. The lowest BCUT2D eigenvalue weighted by Crippen LogP contribution is -2.11. The van der Waals surface area contributed by atoms with Crippen molar-refractivity contribution in [2.45, 2.75) is 79.1 Å². The maximum absolute atomic E-state index is 11.3. The van der Waals surface area contributed by atoms with E-state index in [9.17, 15) is 19.2 Å². The normalized spacial score (nSPS) is 10.1. The molecule has 0 aliphatic rings. The summed E-state index contributed by atoms with van der Waals surface area (Å²) >= 11 is 0. The van der Waals surface area contributed by atoms with E-state index in [0.29, 0.717) is 50.8 Å². The summed E-state index contributed by atoms with van der Waals surface area (Å²) < 4.78 is 68.5. The third-order valence-corrected chi connectivity index (χ3v) is 15.6. The minimum absolute atomic E-state index is 0.275. The molecule has 0 aliphatic heterocycles. The van der Waals surface area contributed by atoms with Crippen molar-refractivity contribution in [1.29, 1.82) is 14.3 Å². The van der Waals surface area contributed by atoms with E-state index in [1.807, 2.05) is 123 Å². The molecule has 558 valence electrons. The maximum atomic E-state index is 11.3. The Hall–Kier alpha value is -13.5. The van der Waals surface area contributed by atoms with Gasteiger partial charge < -0.3 is 28.7 Å². The van der Waals surface area contributed by atoms with Gasteiger partial charge in [0.05, 0.1) is 29.0 Å². The van der Waals surface area contributed by atoms with Crippen LogP contribution in [-0.2, 0) is 76.4 Å². The van der Waals surface area contributed by atoms with Crippen LogP contribution in [0.5, 0.6) is 0 Å². The van der Waals surface area contributed by atoms with Crippen molar-refractivity contribution in [3.8, 4) is 89.5 Å². The lowest BCUT2D eigenvalue weighted by molar-refractivity contribution is -0.118. The van der Waals surface area contributed by atoms with Gasteiger partial charge in [-0.3, -0.25) is 44.1 Å². The number of benzene rings is 5. The van der Waals surface area contributed by atoms with Gasteiger partial charge in [0.2, 0.25) is 23.6 Å². The number of nitrogens with zero attached hydrogens (tertiary/aromatic N) is 10. The lowest BCUT2D eigenvalue weighted by atomic mass is 9.92. The number of amides is 4. The molecule has 13 N–H and O–H groups in total. The van der Waals surface area contributed by atoms with Crippen LogP contribution in [0, 0.1) is 42.0 Å². The predicted molar refractivity (Wildman–Crippen MR) is 416 cm³/mol. The van der Waals surface area contributed by atoms with Gasteiger partial charge in [-0.15, -0.1) is 0 Å². The first-order valence-electron chi connectivity index (χ1n) is 33.1. The molecule has 12 rings (SSSR count). The number of aryl methyl sites for hydroxylation is 8. The van der Waals surface area contributed by atoms with Crippen molar-refractivity contribution in [2.75, 3.05) is 5.73 Å². The SMILES string of the molecule is Cc1cc(-c2ccc(-c3ccccn3)cc2CCC(N)=O)ccn1.Cc1cc(-c2ccc(-c3cccnn3)cc2CCC(N)=O)ccn1.Cc1cc(C)cc(-c2ccc(-c3cnccn3)cc2CCC(N)=O)c1.N=S(=O)=O.N=S(=O)=O.N=S(=O)=O.NC(=O)CCc1cc(-c2cccnn2)ccc1-c1ccnc(N)c1. The van der Waals surface area contributed by atoms with Gasteiger partial charge in [-0.2, -0.15) is 60.0 Å². The summed E-state index contributed by atoms with van der Waals surface area (Å²) in [5, 5.41) is 16.1. The molecule has 0 spiro atoms. The van der Waals surface area contributed by atoms with Crippen molar-refractivity contribution in [3.05, 3.63) is 270 Å². The average molecular weight is 1520 g/mol. The molecule has 7 heterocycles. The zero-order chi connectivity index (χ0) is 79.4. The first-order chi connectivity index (χ1) is 52.1. The number of rotatable bonds is 20. The van der Waals surface area contributed by atoms with E-state index in [-0.39, 0.29) is 30.0 Å². The minimum Gasteiger partial charge on any atom is -0.384 e. The molecule has 7 aromatic heterocycles. The second kappa shape index (κ2) is 43.7. The van der Waals surface area contributed by atoms with E-state index < -0.39 is 31.5 Å². The van der Waals surface area contributed by atoms with Crippen LogP contribution in [-0.4, -0.2) is 99.2 Å². The van der Waals surface area contributed by atoms with Crippen molar-refractivity contribution in [1.82, 2.24) is 50.3 Å². The second-order valence-corrected chi connectivity index (χ2v) is 25.2. The molecule has 109 heavy (non-hydrogen) atoms. The standard InChI is InChI=1S/C21H21N3O.C20H19N3O.C19H18N4O.C18H17N5O.3HNO2S/c1-14-9-15(2)11-18(10-14)19-5-3-17(20-13-23-7-8-24-20)12-16(19)4-6-21(22)25;1-14-12-16(9-11-22-14)18-7-5-17(19-4-2-3-10-23-19)13-15(18)6-8-20(21)24;1-13-11-15(8-10-21-13)17-6-4-16(18-3-2-9-22-23-18)12-14(17)5-7-19(20)24;19-17-11-13(7-9-21-17)15-5-3-14(16-2-1-8-22-23-16)10-12(15)4-6-18(20)24;3*1-4(2)3/h3,5,7-13H,4,6H2,1-2H3,(H2,22,25);2-5,7,9-13H,6,8H2,1H3,(H2,21,24);2-4,6,8-12H,5,7H2,1H3,(H2,20,24);1-3,5,7-11H,4,6H2,(H2,19,21)(H2,20,24);3*1H. The quantitative estimate of drug-likeness (QED) is 0.0351. The summed E-state index contributed by atoms with van der Waals surface area (Å²) in [6.07, 6.45) is 18.9. The number of nitrogen functional groups attached to an aromatic ring is 1. The van der Waals surface area contributed by atoms with Crippen molar-refractivity contribution in [2.24, 2.45) is 22.9 Å². The number of nitrogens with one attached hydrogen (secondary N) is 3. The number of nitrogens with two attached hydrogens (primary N) is 5. The third-order valence-electron chi connectivity index (χ3n) is 15.6. The highest BCUT2D eigenvalue weighted by Crippen LogP contribution is 2.34. The molecule has 0 bridgehead atoms. The first-order valence-corrected chi connectivity index (χ1v) is 36.3. The van der Waals surface area contributed by atoms with Gasteiger partial charge in [0.15, 0.2) is 0 Å². The molecule has 0 fully saturated rings. The van der Waals surface area contributed by atoms with E-state index in [4.69, 9.17) is 68.3 Å². The Morgan fingerprint density at radius 2 is 0.679 bits per heavy atom. The summed E-state index contributed by atoms with van der Waals surface area (Å²) in [7, 11) is -7.83. The fourth-order valence-electron chi connectivity index (χ4n) is 11.1. The van der Waals surface area contributed by atoms with E-state index in [0.717, 1.165) is 123 Å². The fraction of sp³-hybridized carbons (Fsp3) is 0.154. The highest BCUT2D eigenvalue weighted by atomic mass is 32.2. The monoisotopic (exact) mass is 1520 g/mol. The molecule has 4 amide bonds. The molecule has 31 heteroatoms. The number of aromatic nitrogens is 10. The van der Waals surface area contributed by atoms with Crippen LogP contribution in [0.25, 0.3) is 89.5 Å². The summed E-state index contributed by atoms with van der Waals surface area (Å²) in [6.45, 7) is 8.11. The van der Waals surface area contributed by atoms with Gasteiger partial charge in [0.1, 0.15) is 5.82 Å². The van der Waals surface area contributed by atoms with Crippen LogP contribution in [0.15, 0.2) is 226 Å². The van der Waals surface area contributed by atoms with Crippen LogP contribution < -0.4 is 28.7 Å². The summed E-state index contributed by atoms with van der Waals surface area (Å²) in [6, 6.07) is 56.1. The highest BCUT2D eigenvalue weighted by Gasteiger charge is 2.16. The summed E-state index contributed by atoms with van der Waals surface area (Å²) in [4.78, 5) is 70.3. The number of carbonyl (C=O) groups excluding carboxylic acids is 4. The molecule has 0 saturated heterocycles. The molecular weight excluding hydrogens is 1450 g/mol. The summed E-state index contributed by atoms with van der Waals surface area (Å²) in [5.41, 5.74) is 51.5. The Morgan fingerprint density at radius 1 is 0.330 bits per heavy atom. The molecular formula is C78H78N18O10S3. The topological polar surface area (TPSA) is 501 Å². The highest BCUT2D eigenvalue weighted by molar-refractivity contribution is 7.60. The average Bonchev–Trinajstić information content (AvgIpc) is 0.856. The molecule has 0 radical (unpaired) electrons. The molecule has 0 saturated carbocycles. The predicted octanol–water partition coefficient (Wildman–Crippen LogP) is 11.4. The van der Waals surface area contributed by atoms with Crippen LogP contribution in [0.1, 0.15) is 70.5 Å². The number of carbonyl (C=O) groups is 4. The minimum atomic E-state index is -2.61. The van der Waals surface area contributed by atoms with Crippen LogP contribution in [0.4, 0.5) is 5.82 Å². The van der Waals surface area contributed by atoms with Crippen molar-refractivity contribution < 1.29 is 44.4 Å². The maximum Gasteiger partial charge on any atom is 0.308 e. The Bertz CT molecular complexity index is 5020. The van der Waals surface area contributed by atoms with Crippen molar-refractivity contribution in [3.63, 3.8) is 0 Å². The number of pyridine rings is 4. The molecule has 5 aromatic carbocycles. The zero-order valence-electron chi connectivity index (χ0n) is 59.7. The van der Waals surface area contributed by atoms with E-state index >= 15 is 0 Å². The van der Waals surface area contributed by atoms with Gasteiger partial charge in [-0.25, -0.2) is 4.98 Å². The zero-order valence-corrected chi connectivity index (χ0v) is 62.1. The number of hydrogen-bond acceptors (Lipinski definition) is 24. The molecule has 12 aromatic rings. The first kappa shape index (κ1) is 84.4. The Balaban J connectivity index is 0.000000216. The summed E-state index contributed by atoms with van der Waals surface area (Å²) in [5.74, 6) is -0.783.